The first-order valence-corrected chi connectivity index (χ1v) is 9.82. The highest BCUT2D eigenvalue weighted by molar-refractivity contribution is 9.10. The molecule has 0 aliphatic heterocycles. The Bertz CT molecular complexity index is 930. The topological polar surface area (TPSA) is 59.2 Å². The number of halogens is 1. The van der Waals surface area contributed by atoms with Crippen LogP contribution >= 0.6 is 27.3 Å². The molecule has 0 aliphatic rings. The number of carbonyl (C=O) groups is 1. The zero-order valence-electron chi connectivity index (χ0n) is 14.5. The Kier molecular flexibility index (Phi) is 5.11. The van der Waals surface area contributed by atoms with Gasteiger partial charge in [-0.25, -0.2) is 4.98 Å². The van der Waals surface area contributed by atoms with Crippen molar-refractivity contribution in [1.82, 2.24) is 9.88 Å². The lowest BCUT2D eigenvalue weighted by Gasteiger charge is -2.17. The van der Waals surface area contributed by atoms with Crippen LogP contribution in [0.1, 0.15) is 29.1 Å². The van der Waals surface area contributed by atoms with Crippen LogP contribution in [0.5, 0.6) is 0 Å². The van der Waals surface area contributed by atoms with Gasteiger partial charge in [-0.2, -0.15) is 0 Å². The van der Waals surface area contributed by atoms with Crippen molar-refractivity contribution in [3.8, 4) is 11.3 Å². The summed E-state index contributed by atoms with van der Waals surface area (Å²) in [4.78, 5) is 20.7. The van der Waals surface area contributed by atoms with Crippen molar-refractivity contribution in [2.24, 2.45) is 0 Å². The lowest BCUT2D eigenvalue weighted by Crippen LogP contribution is -2.30. The van der Waals surface area contributed by atoms with E-state index >= 15 is 0 Å². The van der Waals surface area contributed by atoms with Gasteiger partial charge < -0.3 is 10.6 Å². The largest absolute Gasteiger partial charge is 0.397 e. The number of benzene rings is 1. The predicted octanol–water partition coefficient (Wildman–Crippen LogP) is 5.10. The summed E-state index contributed by atoms with van der Waals surface area (Å²) in [5.74, 6) is -0.0184. The number of carbonyl (C=O) groups excluding carboxylic acids is 1. The summed E-state index contributed by atoms with van der Waals surface area (Å²) in [5.41, 5.74) is 9.82. The second-order valence-corrected chi connectivity index (χ2v) is 7.75. The molecule has 0 saturated heterocycles. The standard InChI is InChI=1S/C19H20BrN3OS/c1-4-23(5-2)19(24)17-16(21)15-11(3)10-14(22-18(15)25-17)12-6-8-13(20)9-7-12/h6-10H,4-5,21H2,1-3H3. The molecule has 0 unspecified atom stereocenters. The van der Waals surface area contributed by atoms with Gasteiger partial charge in [0.25, 0.3) is 5.91 Å². The van der Waals surface area contributed by atoms with Gasteiger partial charge in [0.2, 0.25) is 0 Å². The van der Waals surface area contributed by atoms with E-state index in [0.717, 1.165) is 31.5 Å². The molecule has 0 aliphatic carbocycles. The number of nitrogen functional groups attached to an aromatic ring is 1. The molecular formula is C19H20BrN3OS. The average Bonchev–Trinajstić information content (AvgIpc) is 2.93. The number of rotatable bonds is 4. The van der Waals surface area contributed by atoms with Crippen molar-refractivity contribution >= 4 is 49.1 Å². The summed E-state index contributed by atoms with van der Waals surface area (Å²) < 4.78 is 1.03. The van der Waals surface area contributed by atoms with Gasteiger partial charge >= 0.3 is 0 Å². The van der Waals surface area contributed by atoms with Crippen LogP contribution in [0.3, 0.4) is 0 Å². The summed E-state index contributed by atoms with van der Waals surface area (Å²) in [5, 5.41) is 0.890. The molecule has 4 nitrogen and oxygen atoms in total. The van der Waals surface area contributed by atoms with Crippen molar-refractivity contribution in [3.05, 3.63) is 45.2 Å². The van der Waals surface area contributed by atoms with Crippen LogP contribution in [0.25, 0.3) is 21.5 Å². The van der Waals surface area contributed by atoms with Crippen molar-refractivity contribution in [1.29, 1.82) is 0 Å². The maximum atomic E-state index is 12.7. The molecule has 0 fully saturated rings. The molecule has 3 rings (SSSR count). The molecule has 0 saturated carbocycles. The smallest absolute Gasteiger partial charge is 0.266 e. The number of hydrogen-bond donors (Lipinski definition) is 1. The Morgan fingerprint density at radius 3 is 2.48 bits per heavy atom. The molecule has 130 valence electrons. The van der Waals surface area contributed by atoms with Crippen LogP contribution in [0.4, 0.5) is 5.69 Å². The van der Waals surface area contributed by atoms with Gasteiger partial charge in [0, 0.05) is 28.5 Å². The Balaban J connectivity index is 2.13. The molecule has 0 bridgehead atoms. The number of nitrogens with zero attached hydrogens (tertiary/aromatic N) is 2. The van der Waals surface area contributed by atoms with Crippen molar-refractivity contribution < 1.29 is 4.79 Å². The Morgan fingerprint density at radius 1 is 1.24 bits per heavy atom. The maximum Gasteiger partial charge on any atom is 0.266 e. The summed E-state index contributed by atoms with van der Waals surface area (Å²) in [6.45, 7) is 7.29. The van der Waals surface area contributed by atoms with E-state index in [0.29, 0.717) is 23.7 Å². The van der Waals surface area contributed by atoms with Crippen LogP contribution < -0.4 is 5.73 Å². The van der Waals surface area contributed by atoms with Crippen LogP contribution in [-0.2, 0) is 0 Å². The first kappa shape index (κ1) is 17.9. The lowest BCUT2D eigenvalue weighted by atomic mass is 10.1. The van der Waals surface area contributed by atoms with Gasteiger partial charge in [0.05, 0.1) is 11.4 Å². The van der Waals surface area contributed by atoms with Gasteiger partial charge in [0.1, 0.15) is 9.71 Å². The fourth-order valence-corrected chi connectivity index (χ4v) is 4.30. The minimum Gasteiger partial charge on any atom is -0.397 e. The highest BCUT2D eigenvalue weighted by Crippen LogP contribution is 2.37. The Hall–Kier alpha value is -1.92. The van der Waals surface area contributed by atoms with E-state index in [1.54, 1.807) is 4.90 Å². The normalized spacial score (nSPS) is 11.0. The van der Waals surface area contributed by atoms with Gasteiger partial charge in [-0.1, -0.05) is 28.1 Å². The zero-order valence-corrected chi connectivity index (χ0v) is 16.9. The fourth-order valence-electron chi connectivity index (χ4n) is 2.89. The minimum absolute atomic E-state index is 0.0184. The predicted molar refractivity (Wildman–Crippen MR) is 109 cm³/mol. The third-order valence-corrected chi connectivity index (χ3v) is 5.90. The summed E-state index contributed by atoms with van der Waals surface area (Å²) in [7, 11) is 0. The first-order chi connectivity index (χ1) is 12.0. The maximum absolute atomic E-state index is 12.7. The molecule has 2 heterocycles. The number of pyridine rings is 1. The lowest BCUT2D eigenvalue weighted by molar-refractivity contribution is 0.0779. The number of fused-ring (bicyclic) bond motifs is 1. The number of thiophene rings is 1. The van der Waals surface area contributed by atoms with Crippen LogP contribution in [0.2, 0.25) is 0 Å². The number of nitrogens with two attached hydrogens (primary N) is 1. The van der Waals surface area contributed by atoms with E-state index in [9.17, 15) is 4.79 Å². The summed E-state index contributed by atoms with van der Waals surface area (Å²) in [6, 6.07) is 10.1. The molecule has 0 radical (unpaired) electrons. The van der Waals surface area contributed by atoms with Gasteiger partial charge in [-0.3, -0.25) is 4.79 Å². The summed E-state index contributed by atoms with van der Waals surface area (Å²) in [6.07, 6.45) is 0. The molecule has 6 heteroatoms. The summed E-state index contributed by atoms with van der Waals surface area (Å²) >= 11 is 4.83. The number of amides is 1. The second kappa shape index (κ2) is 7.14. The highest BCUT2D eigenvalue weighted by atomic mass is 79.9. The number of aromatic nitrogens is 1. The molecule has 3 aromatic rings. The SMILES string of the molecule is CCN(CC)C(=O)c1sc2nc(-c3ccc(Br)cc3)cc(C)c2c1N. The molecule has 2 aromatic heterocycles. The molecule has 0 spiro atoms. The third kappa shape index (κ3) is 3.28. The molecule has 2 N–H and O–H groups in total. The quantitative estimate of drug-likeness (QED) is 0.642. The molecule has 1 aromatic carbocycles. The number of anilines is 1. The second-order valence-electron chi connectivity index (χ2n) is 5.83. The van der Waals surface area contributed by atoms with Crippen molar-refractivity contribution in [2.75, 3.05) is 18.8 Å². The first-order valence-electron chi connectivity index (χ1n) is 8.21. The van der Waals surface area contributed by atoms with Crippen molar-refractivity contribution in [2.45, 2.75) is 20.8 Å². The van der Waals surface area contributed by atoms with E-state index < -0.39 is 0 Å². The van der Waals surface area contributed by atoms with Crippen LogP contribution in [0, 0.1) is 6.92 Å². The highest BCUT2D eigenvalue weighted by Gasteiger charge is 2.22. The molecular weight excluding hydrogens is 398 g/mol. The van der Waals surface area contributed by atoms with Gasteiger partial charge in [-0.15, -0.1) is 11.3 Å². The van der Waals surface area contributed by atoms with Crippen molar-refractivity contribution in [3.63, 3.8) is 0 Å². The number of aryl methyl sites for hydroxylation is 1. The van der Waals surface area contributed by atoms with Crippen LogP contribution in [0.15, 0.2) is 34.8 Å². The zero-order chi connectivity index (χ0) is 18.1. The minimum atomic E-state index is -0.0184. The number of hydrogen-bond acceptors (Lipinski definition) is 4. The van der Waals surface area contributed by atoms with Gasteiger partial charge in [-0.05, 0) is 44.5 Å². The third-order valence-electron chi connectivity index (χ3n) is 4.28. The molecule has 25 heavy (non-hydrogen) atoms. The Labute approximate surface area is 159 Å². The molecule has 0 atom stereocenters. The monoisotopic (exact) mass is 417 g/mol. The van der Waals surface area contributed by atoms with E-state index in [1.165, 1.54) is 11.3 Å². The van der Waals surface area contributed by atoms with E-state index in [-0.39, 0.29) is 5.91 Å². The fraction of sp³-hybridized carbons (Fsp3) is 0.263. The Morgan fingerprint density at radius 2 is 1.88 bits per heavy atom. The van der Waals surface area contributed by atoms with E-state index in [2.05, 4.69) is 15.9 Å². The molecule has 1 amide bonds. The van der Waals surface area contributed by atoms with Gasteiger partial charge in [0.15, 0.2) is 0 Å². The van der Waals surface area contributed by atoms with Crippen LogP contribution in [-0.4, -0.2) is 28.9 Å². The average molecular weight is 418 g/mol. The van der Waals surface area contributed by atoms with E-state index in [4.69, 9.17) is 10.7 Å². The van der Waals surface area contributed by atoms with E-state index in [1.807, 2.05) is 51.1 Å².